The minimum Gasteiger partial charge on any atom is -0.480 e. The topological polar surface area (TPSA) is 162 Å². The van der Waals surface area contributed by atoms with Crippen molar-refractivity contribution in [1.29, 1.82) is 5.26 Å². The molecule has 9 nitrogen and oxygen atoms in total. The highest BCUT2D eigenvalue weighted by atomic mass is 32.2. The van der Waals surface area contributed by atoms with Crippen molar-refractivity contribution in [2.45, 2.75) is 31.3 Å². The van der Waals surface area contributed by atoms with E-state index in [2.05, 4.69) is 10.6 Å². The number of carbonyl (C=O) groups excluding carboxylic acids is 1. The largest absolute Gasteiger partial charge is 0.480 e. The number of carbonyl (C=O) groups is 2. The maximum Gasteiger partial charge on any atom is 0.326 e. The van der Waals surface area contributed by atoms with Crippen LogP contribution in [0.25, 0.3) is 0 Å². The molecule has 0 aliphatic heterocycles. The molecule has 26 heavy (non-hydrogen) atoms. The predicted molar refractivity (Wildman–Crippen MR) is 92.8 cm³/mol. The monoisotopic (exact) mass is 380 g/mol. The molecule has 1 unspecified atom stereocenters. The summed E-state index contributed by atoms with van der Waals surface area (Å²) in [7, 11) is -3.77. The van der Waals surface area contributed by atoms with Crippen LogP contribution in [0.2, 0.25) is 0 Å². The normalized spacial score (nSPS) is 13.0. The highest BCUT2D eigenvalue weighted by Gasteiger charge is 2.24. The molecule has 0 heterocycles. The molecule has 0 saturated heterocycles. The van der Waals surface area contributed by atoms with Gasteiger partial charge in [0.1, 0.15) is 17.7 Å². The molecule has 1 atom stereocenters. The summed E-state index contributed by atoms with van der Waals surface area (Å²) in [6.07, 6.45) is 1.17. The molecule has 140 valence electrons. The van der Waals surface area contributed by atoms with Gasteiger partial charge >= 0.3 is 5.97 Å². The average molecular weight is 380 g/mol. The Bertz CT molecular complexity index is 838. The minimum absolute atomic E-state index is 0.0257. The summed E-state index contributed by atoms with van der Waals surface area (Å²) in [6.45, 7) is 3.49. The van der Waals surface area contributed by atoms with Crippen LogP contribution in [-0.2, 0) is 26.2 Å². The molecule has 0 radical (unpaired) electrons. The van der Waals surface area contributed by atoms with Gasteiger partial charge in [-0.2, -0.15) is 5.26 Å². The number of hydrogen-bond acceptors (Lipinski definition) is 6. The van der Waals surface area contributed by atoms with E-state index in [1.165, 1.54) is 30.5 Å². The average Bonchev–Trinajstić information content (AvgIpc) is 2.55. The Morgan fingerprint density at radius 2 is 1.88 bits per heavy atom. The zero-order chi connectivity index (χ0) is 19.9. The molecule has 1 aromatic carbocycles. The quantitative estimate of drug-likeness (QED) is 0.366. The molecule has 1 rings (SSSR count). The molecule has 1 aromatic rings. The first-order chi connectivity index (χ1) is 12.1. The molecule has 0 fully saturated rings. The van der Waals surface area contributed by atoms with Crippen molar-refractivity contribution in [3.05, 3.63) is 41.6 Å². The summed E-state index contributed by atoms with van der Waals surface area (Å²) < 4.78 is 22.4. The van der Waals surface area contributed by atoms with Crippen LogP contribution in [0.5, 0.6) is 0 Å². The summed E-state index contributed by atoms with van der Waals surface area (Å²) in [4.78, 5) is 23.1. The van der Waals surface area contributed by atoms with E-state index in [-0.39, 0.29) is 22.9 Å². The zero-order valence-electron chi connectivity index (χ0n) is 14.3. The molecular weight excluding hydrogens is 360 g/mol. The van der Waals surface area contributed by atoms with Gasteiger partial charge in [0, 0.05) is 12.7 Å². The molecule has 0 bridgehead atoms. The van der Waals surface area contributed by atoms with Gasteiger partial charge in [-0.15, -0.1) is 0 Å². The first kappa shape index (κ1) is 21.1. The van der Waals surface area contributed by atoms with Gasteiger partial charge in [-0.25, -0.2) is 18.4 Å². The number of primary sulfonamides is 1. The number of nitriles is 1. The van der Waals surface area contributed by atoms with Crippen molar-refractivity contribution in [2.24, 2.45) is 11.1 Å². The van der Waals surface area contributed by atoms with Crippen molar-refractivity contribution in [3.8, 4) is 6.07 Å². The number of amides is 1. The molecule has 0 aliphatic rings. The molecule has 10 heteroatoms. The van der Waals surface area contributed by atoms with Gasteiger partial charge in [0.15, 0.2) is 0 Å². The second-order valence-corrected chi connectivity index (χ2v) is 7.33. The van der Waals surface area contributed by atoms with Crippen molar-refractivity contribution in [2.75, 3.05) is 0 Å². The van der Waals surface area contributed by atoms with Crippen molar-refractivity contribution in [1.82, 2.24) is 10.6 Å². The van der Waals surface area contributed by atoms with Gasteiger partial charge in [0.05, 0.1) is 4.90 Å². The lowest BCUT2D eigenvalue weighted by Crippen LogP contribution is -2.44. The third kappa shape index (κ3) is 6.19. The summed E-state index contributed by atoms with van der Waals surface area (Å²) in [6, 6.07) is 6.34. The van der Waals surface area contributed by atoms with E-state index in [9.17, 15) is 18.0 Å². The van der Waals surface area contributed by atoms with Crippen LogP contribution in [0.3, 0.4) is 0 Å². The van der Waals surface area contributed by atoms with E-state index < -0.39 is 27.9 Å². The Morgan fingerprint density at radius 1 is 1.31 bits per heavy atom. The molecule has 0 saturated carbocycles. The Balaban J connectivity index is 2.74. The standard InChI is InChI=1S/C16H20N4O5S/c1-10(2)14(16(22)23)20-15(21)12(7-17)9-19-8-11-3-5-13(6-4-11)26(18,24)25/h3-6,9-10,14,19H,8H2,1-2H3,(H,20,21)(H,22,23)(H2,18,24,25)/b12-9-. The summed E-state index contributed by atoms with van der Waals surface area (Å²) in [5.74, 6) is -2.33. The van der Waals surface area contributed by atoms with E-state index in [0.717, 1.165) is 0 Å². The van der Waals surface area contributed by atoms with E-state index >= 15 is 0 Å². The van der Waals surface area contributed by atoms with Gasteiger partial charge in [-0.3, -0.25) is 4.79 Å². The molecule has 1 amide bonds. The molecule has 0 aromatic heterocycles. The number of aliphatic carboxylic acids is 1. The number of rotatable bonds is 8. The summed E-state index contributed by atoms with van der Waals surface area (Å²) >= 11 is 0. The zero-order valence-corrected chi connectivity index (χ0v) is 15.1. The number of nitrogens with one attached hydrogen (secondary N) is 2. The first-order valence-corrected chi connectivity index (χ1v) is 9.10. The fraction of sp³-hybridized carbons (Fsp3) is 0.312. The van der Waals surface area contributed by atoms with Crippen LogP contribution in [0.1, 0.15) is 19.4 Å². The van der Waals surface area contributed by atoms with Gasteiger partial charge < -0.3 is 15.7 Å². The maximum atomic E-state index is 12.0. The number of carboxylic acids is 1. The highest BCUT2D eigenvalue weighted by Crippen LogP contribution is 2.09. The predicted octanol–water partition coefficient (Wildman–Crippen LogP) is 0.0565. The molecule has 0 aliphatic carbocycles. The highest BCUT2D eigenvalue weighted by molar-refractivity contribution is 7.89. The fourth-order valence-electron chi connectivity index (χ4n) is 1.95. The smallest absolute Gasteiger partial charge is 0.326 e. The van der Waals surface area contributed by atoms with E-state index in [4.69, 9.17) is 15.5 Å². The minimum atomic E-state index is -3.77. The number of benzene rings is 1. The third-order valence-corrected chi connectivity index (χ3v) is 4.32. The summed E-state index contributed by atoms with van der Waals surface area (Å²) in [5.41, 5.74) is 0.412. The molecule has 0 spiro atoms. The number of hydrogen-bond donors (Lipinski definition) is 4. The SMILES string of the molecule is CC(C)C(NC(=O)/C(C#N)=C\NCc1ccc(S(N)(=O)=O)cc1)C(=O)O. The first-order valence-electron chi connectivity index (χ1n) is 7.55. The molecule has 5 N–H and O–H groups in total. The van der Waals surface area contributed by atoms with Crippen LogP contribution in [-0.4, -0.2) is 31.4 Å². The number of carboxylic acid groups (broad SMARTS) is 1. The summed E-state index contributed by atoms with van der Waals surface area (Å²) in [5, 5.41) is 28.2. The van der Waals surface area contributed by atoms with Gasteiger partial charge in [0.2, 0.25) is 10.0 Å². The number of nitrogens with zero attached hydrogens (tertiary/aromatic N) is 1. The lowest BCUT2D eigenvalue weighted by Gasteiger charge is -2.17. The Hall–Kier alpha value is -2.90. The fourth-order valence-corrected chi connectivity index (χ4v) is 2.46. The third-order valence-electron chi connectivity index (χ3n) is 3.39. The van der Waals surface area contributed by atoms with Crippen molar-refractivity contribution < 1.29 is 23.1 Å². The van der Waals surface area contributed by atoms with E-state index in [0.29, 0.717) is 5.56 Å². The van der Waals surface area contributed by atoms with E-state index in [1.54, 1.807) is 19.9 Å². The van der Waals surface area contributed by atoms with Crippen LogP contribution < -0.4 is 15.8 Å². The van der Waals surface area contributed by atoms with Crippen molar-refractivity contribution in [3.63, 3.8) is 0 Å². The van der Waals surface area contributed by atoms with Gasteiger partial charge in [-0.1, -0.05) is 26.0 Å². The number of sulfonamides is 1. The van der Waals surface area contributed by atoms with E-state index in [1.807, 2.05) is 0 Å². The van der Waals surface area contributed by atoms with Crippen molar-refractivity contribution >= 4 is 21.9 Å². The second kappa shape index (κ2) is 8.98. The van der Waals surface area contributed by atoms with Crippen LogP contribution in [0.4, 0.5) is 0 Å². The van der Waals surface area contributed by atoms with Crippen LogP contribution in [0, 0.1) is 17.2 Å². The Morgan fingerprint density at radius 3 is 2.31 bits per heavy atom. The lowest BCUT2D eigenvalue weighted by molar-refractivity contribution is -0.142. The lowest BCUT2D eigenvalue weighted by atomic mass is 10.0. The van der Waals surface area contributed by atoms with Crippen LogP contribution >= 0.6 is 0 Å². The van der Waals surface area contributed by atoms with Gasteiger partial charge in [-0.05, 0) is 23.6 Å². The number of nitrogens with two attached hydrogens (primary N) is 1. The maximum absolute atomic E-state index is 12.0. The second-order valence-electron chi connectivity index (χ2n) is 5.77. The van der Waals surface area contributed by atoms with Crippen LogP contribution in [0.15, 0.2) is 40.9 Å². The van der Waals surface area contributed by atoms with Gasteiger partial charge in [0.25, 0.3) is 5.91 Å². The Labute approximate surface area is 151 Å². The Kier molecular flexibility index (Phi) is 7.30. The molecular formula is C16H20N4O5S.